The van der Waals surface area contributed by atoms with Crippen molar-refractivity contribution in [2.24, 2.45) is 0 Å². The molecular weight excluding hydrogens is 252 g/mol. The summed E-state index contributed by atoms with van der Waals surface area (Å²) in [5.41, 5.74) is 0. The van der Waals surface area contributed by atoms with Crippen molar-refractivity contribution in [3.8, 4) is 11.6 Å². The topological polar surface area (TPSA) is 43.4 Å². The molecule has 0 unspecified atom stereocenters. The standard InChI is InChI=1S/C16H20N2O2/c1-2-19-16-11-6-10-15(18-16)17-12-7-13-20-14-8-4-3-5-9-14/h3-6,8-11H,2,7,12-13H2,1H3,(H,17,18). The quantitative estimate of drug-likeness (QED) is 0.748. The molecule has 106 valence electrons. The number of pyridine rings is 1. The minimum absolute atomic E-state index is 0.626. The number of hydrogen-bond donors (Lipinski definition) is 1. The van der Waals surface area contributed by atoms with Gasteiger partial charge >= 0.3 is 0 Å². The van der Waals surface area contributed by atoms with Crippen LogP contribution in [0.4, 0.5) is 5.82 Å². The second kappa shape index (κ2) is 8.04. The summed E-state index contributed by atoms with van der Waals surface area (Å²) in [5, 5.41) is 3.26. The molecule has 1 aromatic heterocycles. The number of anilines is 1. The maximum Gasteiger partial charge on any atom is 0.215 e. The zero-order chi connectivity index (χ0) is 14.0. The molecule has 0 aliphatic rings. The highest BCUT2D eigenvalue weighted by Gasteiger charge is 1.97. The molecule has 20 heavy (non-hydrogen) atoms. The number of para-hydroxylation sites is 1. The monoisotopic (exact) mass is 272 g/mol. The van der Waals surface area contributed by atoms with E-state index in [1.54, 1.807) is 0 Å². The fraction of sp³-hybridized carbons (Fsp3) is 0.312. The zero-order valence-corrected chi connectivity index (χ0v) is 11.7. The third-order valence-corrected chi connectivity index (χ3v) is 2.65. The van der Waals surface area contributed by atoms with Crippen LogP contribution in [0.5, 0.6) is 11.6 Å². The molecule has 0 bridgehead atoms. The predicted octanol–water partition coefficient (Wildman–Crippen LogP) is 3.36. The van der Waals surface area contributed by atoms with E-state index in [-0.39, 0.29) is 0 Å². The molecule has 4 heteroatoms. The number of ether oxygens (including phenoxy) is 2. The summed E-state index contributed by atoms with van der Waals surface area (Å²) in [6.45, 7) is 4.07. The van der Waals surface area contributed by atoms with E-state index in [1.165, 1.54) is 0 Å². The lowest BCUT2D eigenvalue weighted by atomic mass is 10.3. The third-order valence-electron chi connectivity index (χ3n) is 2.65. The van der Waals surface area contributed by atoms with Gasteiger partial charge in [-0.1, -0.05) is 24.3 Å². The van der Waals surface area contributed by atoms with Gasteiger partial charge in [-0.05, 0) is 31.5 Å². The van der Waals surface area contributed by atoms with E-state index in [2.05, 4.69) is 10.3 Å². The predicted molar refractivity (Wildman–Crippen MR) is 80.4 cm³/mol. The van der Waals surface area contributed by atoms with Crippen LogP contribution in [0.25, 0.3) is 0 Å². The smallest absolute Gasteiger partial charge is 0.215 e. The molecule has 4 nitrogen and oxygen atoms in total. The van der Waals surface area contributed by atoms with Gasteiger partial charge in [0, 0.05) is 12.6 Å². The first-order valence-corrected chi connectivity index (χ1v) is 6.90. The highest BCUT2D eigenvalue weighted by Crippen LogP contribution is 2.11. The molecule has 0 saturated heterocycles. The minimum Gasteiger partial charge on any atom is -0.494 e. The highest BCUT2D eigenvalue weighted by atomic mass is 16.5. The maximum absolute atomic E-state index is 5.62. The van der Waals surface area contributed by atoms with Crippen LogP contribution in [0.1, 0.15) is 13.3 Å². The SMILES string of the molecule is CCOc1cccc(NCCCOc2ccccc2)n1. The van der Waals surface area contributed by atoms with Gasteiger partial charge in [0.25, 0.3) is 0 Å². The van der Waals surface area contributed by atoms with Crippen LogP contribution >= 0.6 is 0 Å². The van der Waals surface area contributed by atoms with Crippen molar-refractivity contribution in [2.45, 2.75) is 13.3 Å². The Bertz CT molecular complexity index is 503. The van der Waals surface area contributed by atoms with Crippen molar-refractivity contribution in [1.82, 2.24) is 4.98 Å². The number of benzene rings is 1. The summed E-state index contributed by atoms with van der Waals surface area (Å²) in [7, 11) is 0. The molecule has 1 heterocycles. The summed E-state index contributed by atoms with van der Waals surface area (Å²) >= 11 is 0. The molecule has 0 atom stereocenters. The van der Waals surface area contributed by atoms with Crippen LogP contribution in [-0.2, 0) is 0 Å². The average molecular weight is 272 g/mol. The Morgan fingerprint density at radius 2 is 1.85 bits per heavy atom. The molecule has 0 radical (unpaired) electrons. The van der Waals surface area contributed by atoms with E-state index in [0.717, 1.165) is 24.5 Å². The lowest BCUT2D eigenvalue weighted by Gasteiger charge is -2.08. The number of aromatic nitrogens is 1. The van der Waals surface area contributed by atoms with Crippen LogP contribution in [-0.4, -0.2) is 24.7 Å². The summed E-state index contributed by atoms with van der Waals surface area (Å²) < 4.78 is 11.0. The Morgan fingerprint density at radius 1 is 1.00 bits per heavy atom. The average Bonchev–Trinajstić information content (AvgIpc) is 2.49. The minimum atomic E-state index is 0.626. The Balaban J connectivity index is 1.67. The van der Waals surface area contributed by atoms with E-state index >= 15 is 0 Å². The van der Waals surface area contributed by atoms with E-state index in [9.17, 15) is 0 Å². The van der Waals surface area contributed by atoms with Crippen LogP contribution in [0.15, 0.2) is 48.5 Å². The van der Waals surface area contributed by atoms with Crippen molar-refractivity contribution in [1.29, 1.82) is 0 Å². The number of hydrogen-bond acceptors (Lipinski definition) is 4. The largest absolute Gasteiger partial charge is 0.494 e. The Kier molecular flexibility index (Phi) is 5.71. The Hall–Kier alpha value is -2.23. The second-order valence-corrected chi connectivity index (χ2v) is 4.24. The van der Waals surface area contributed by atoms with Gasteiger partial charge in [0.15, 0.2) is 0 Å². The highest BCUT2D eigenvalue weighted by molar-refractivity contribution is 5.36. The first-order valence-electron chi connectivity index (χ1n) is 6.90. The number of nitrogens with zero attached hydrogens (tertiary/aromatic N) is 1. The molecular formula is C16H20N2O2. The lowest BCUT2D eigenvalue weighted by molar-refractivity contribution is 0.315. The maximum atomic E-state index is 5.62. The van der Waals surface area contributed by atoms with E-state index in [4.69, 9.17) is 9.47 Å². The van der Waals surface area contributed by atoms with E-state index in [0.29, 0.717) is 19.1 Å². The molecule has 2 rings (SSSR count). The molecule has 2 aromatic rings. The first kappa shape index (κ1) is 14.2. The van der Waals surface area contributed by atoms with Gasteiger partial charge in [0.1, 0.15) is 11.6 Å². The van der Waals surface area contributed by atoms with Crippen LogP contribution in [0, 0.1) is 0 Å². The summed E-state index contributed by atoms with van der Waals surface area (Å²) in [6.07, 6.45) is 0.912. The molecule has 0 spiro atoms. The van der Waals surface area contributed by atoms with Gasteiger partial charge in [0.05, 0.1) is 13.2 Å². The second-order valence-electron chi connectivity index (χ2n) is 4.24. The van der Waals surface area contributed by atoms with Crippen molar-refractivity contribution >= 4 is 5.82 Å². The number of rotatable bonds is 8. The van der Waals surface area contributed by atoms with Crippen LogP contribution < -0.4 is 14.8 Å². The lowest BCUT2D eigenvalue weighted by Crippen LogP contribution is -2.08. The first-order chi connectivity index (χ1) is 9.88. The van der Waals surface area contributed by atoms with Crippen molar-refractivity contribution in [3.63, 3.8) is 0 Å². The van der Waals surface area contributed by atoms with Crippen LogP contribution in [0.2, 0.25) is 0 Å². The van der Waals surface area contributed by atoms with Gasteiger partial charge in [-0.15, -0.1) is 0 Å². The van der Waals surface area contributed by atoms with Crippen LogP contribution in [0.3, 0.4) is 0 Å². The fourth-order valence-corrected chi connectivity index (χ4v) is 1.74. The van der Waals surface area contributed by atoms with Crippen molar-refractivity contribution in [2.75, 3.05) is 25.1 Å². The molecule has 0 fully saturated rings. The van der Waals surface area contributed by atoms with Gasteiger partial charge in [-0.3, -0.25) is 0 Å². The van der Waals surface area contributed by atoms with E-state index < -0.39 is 0 Å². The summed E-state index contributed by atoms with van der Waals surface area (Å²) in [5.74, 6) is 2.39. The van der Waals surface area contributed by atoms with Gasteiger partial charge in [0.2, 0.25) is 5.88 Å². The van der Waals surface area contributed by atoms with Gasteiger partial charge in [-0.25, -0.2) is 0 Å². The molecule has 0 amide bonds. The summed E-state index contributed by atoms with van der Waals surface area (Å²) in [4.78, 5) is 4.34. The molecule has 1 aromatic carbocycles. The third kappa shape index (κ3) is 4.80. The summed E-state index contributed by atoms with van der Waals surface area (Å²) in [6, 6.07) is 15.6. The van der Waals surface area contributed by atoms with Crippen molar-refractivity contribution < 1.29 is 9.47 Å². The molecule has 0 aliphatic carbocycles. The Morgan fingerprint density at radius 3 is 2.65 bits per heavy atom. The fourth-order valence-electron chi connectivity index (χ4n) is 1.74. The van der Waals surface area contributed by atoms with Gasteiger partial charge < -0.3 is 14.8 Å². The molecule has 0 aliphatic heterocycles. The van der Waals surface area contributed by atoms with E-state index in [1.807, 2.05) is 55.5 Å². The van der Waals surface area contributed by atoms with Gasteiger partial charge in [-0.2, -0.15) is 4.98 Å². The normalized spacial score (nSPS) is 10.1. The molecule has 0 saturated carbocycles. The number of nitrogens with one attached hydrogen (secondary N) is 1. The zero-order valence-electron chi connectivity index (χ0n) is 11.7. The Labute approximate surface area is 119 Å². The van der Waals surface area contributed by atoms with Crippen molar-refractivity contribution in [3.05, 3.63) is 48.5 Å². The molecule has 1 N–H and O–H groups in total.